The monoisotopic (exact) mass is 326 g/mol. The molecule has 2 fully saturated rings. The zero-order valence-electron chi connectivity index (χ0n) is 11.1. The van der Waals surface area contributed by atoms with E-state index in [2.05, 4.69) is 25.7 Å². The van der Waals surface area contributed by atoms with Crippen LogP contribution in [0.4, 0.5) is 4.39 Å². The molecule has 104 valence electrons. The summed E-state index contributed by atoms with van der Waals surface area (Å²) in [6, 6.07) is 5.91. The van der Waals surface area contributed by atoms with E-state index in [1.165, 1.54) is 38.4 Å². The van der Waals surface area contributed by atoms with E-state index < -0.39 is 0 Å². The van der Waals surface area contributed by atoms with Crippen LogP contribution in [0.2, 0.25) is 0 Å². The van der Waals surface area contributed by atoms with Gasteiger partial charge in [-0.1, -0.05) is 22.4 Å². The Labute approximate surface area is 122 Å². The van der Waals surface area contributed by atoms with Crippen LogP contribution in [0, 0.1) is 5.82 Å². The lowest BCUT2D eigenvalue weighted by molar-refractivity contribution is 0.0456. The molecule has 19 heavy (non-hydrogen) atoms. The van der Waals surface area contributed by atoms with E-state index in [9.17, 15) is 4.39 Å². The number of nitrogens with zero attached hydrogens (tertiary/aromatic N) is 2. The standard InChI is InChI=1S/C15H20BrFN2/c16-13-7-12(8-14(17)9-13)10-18-5-6-19-4-2-1-3-15(19)11-18/h7-9,15H,1-6,10-11H2/t15-/m1/s1. The van der Waals surface area contributed by atoms with Crippen LogP contribution in [0.5, 0.6) is 0 Å². The van der Waals surface area contributed by atoms with E-state index in [1.54, 1.807) is 6.07 Å². The van der Waals surface area contributed by atoms with Crippen molar-refractivity contribution in [3.8, 4) is 0 Å². The highest BCUT2D eigenvalue weighted by Crippen LogP contribution is 2.23. The lowest BCUT2D eigenvalue weighted by atomic mass is 9.99. The molecular formula is C15H20BrFN2. The average Bonchev–Trinajstić information content (AvgIpc) is 2.37. The number of piperazine rings is 1. The van der Waals surface area contributed by atoms with Gasteiger partial charge in [-0.3, -0.25) is 9.80 Å². The van der Waals surface area contributed by atoms with Gasteiger partial charge in [0.25, 0.3) is 0 Å². The maximum atomic E-state index is 13.4. The van der Waals surface area contributed by atoms with Crippen molar-refractivity contribution in [2.24, 2.45) is 0 Å². The SMILES string of the molecule is Fc1cc(Br)cc(CN2CCN3CCCC[C@@H]3C2)c1. The fraction of sp³-hybridized carbons (Fsp3) is 0.600. The molecule has 0 amide bonds. The van der Waals surface area contributed by atoms with Crippen LogP contribution in [-0.2, 0) is 6.54 Å². The summed E-state index contributed by atoms with van der Waals surface area (Å²) in [7, 11) is 0. The van der Waals surface area contributed by atoms with E-state index in [0.29, 0.717) is 0 Å². The van der Waals surface area contributed by atoms with E-state index >= 15 is 0 Å². The molecule has 0 radical (unpaired) electrons. The molecule has 0 unspecified atom stereocenters. The number of piperidine rings is 1. The van der Waals surface area contributed by atoms with Crippen LogP contribution in [0.3, 0.4) is 0 Å². The third kappa shape index (κ3) is 3.36. The van der Waals surface area contributed by atoms with Gasteiger partial charge in [0, 0.05) is 36.7 Å². The van der Waals surface area contributed by atoms with Gasteiger partial charge in [0.15, 0.2) is 0 Å². The Hall–Kier alpha value is -0.450. The second-order valence-corrected chi connectivity index (χ2v) is 6.61. The Balaban J connectivity index is 1.64. The number of halogens is 2. The first kappa shape index (κ1) is 13.5. The quantitative estimate of drug-likeness (QED) is 0.823. The molecule has 4 heteroatoms. The fourth-order valence-corrected chi connectivity index (χ4v) is 3.84. The van der Waals surface area contributed by atoms with Gasteiger partial charge in [0.2, 0.25) is 0 Å². The smallest absolute Gasteiger partial charge is 0.124 e. The highest BCUT2D eigenvalue weighted by Gasteiger charge is 2.28. The second-order valence-electron chi connectivity index (χ2n) is 5.70. The van der Waals surface area contributed by atoms with Crippen LogP contribution in [0.1, 0.15) is 24.8 Å². The molecule has 2 heterocycles. The highest BCUT2D eigenvalue weighted by molar-refractivity contribution is 9.10. The lowest BCUT2D eigenvalue weighted by Gasteiger charge is -2.44. The van der Waals surface area contributed by atoms with E-state index in [1.807, 2.05) is 6.07 Å². The Morgan fingerprint density at radius 2 is 2.05 bits per heavy atom. The normalized spacial score (nSPS) is 25.3. The molecule has 0 aromatic heterocycles. The highest BCUT2D eigenvalue weighted by atomic mass is 79.9. The summed E-state index contributed by atoms with van der Waals surface area (Å²) >= 11 is 3.37. The average molecular weight is 327 g/mol. The minimum atomic E-state index is -0.152. The first-order chi connectivity index (χ1) is 9.20. The van der Waals surface area contributed by atoms with Gasteiger partial charge >= 0.3 is 0 Å². The van der Waals surface area contributed by atoms with Crippen molar-refractivity contribution in [1.82, 2.24) is 9.80 Å². The summed E-state index contributed by atoms with van der Waals surface area (Å²) in [6.45, 7) is 5.53. The Kier molecular flexibility index (Phi) is 4.20. The number of fused-ring (bicyclic) bond motifs is 1. The van der Waals surface area contributed by atoms with Gasteiger partial charge < -0.3 is 0 Å². The molecule has 0 saturated carbocycles. The van der Waals surface area contributed by atoms with Crippen molar-refractivity contribution in [3.63, 3.8) is 0 Å². The molecule has 0 spiro atoms. The molecule has 0 N–H and O–H groups in total. The molecule has 2 saturated heterocycles. The Morgan fingerprint density at radius 3 is 2.89 bits per heavy atom. The van der Waals surface area contributed by atoms with Crippen LogP contribution in [-0.4, -0.2) is 42.0 Å². The lowest BCUT2D eigenvalue weighted by Crippen LogP contribution is -2.54. The van der Waals surface area contributed by atoms with Crippen molar-refractivity contribution in [2.75, 3.05) is 26.2 Å². The molecule has 0 aliphatic carbocycles. The second kappa shape index (κ2) is 5.90. The van der Waals surface area contributed by atoms with Crippen LogP contribution in [0.15, 0.2) is 22.7 Å². The van der Waals surface area contributed by atoms with Crippen molar-refractivity contribution in [1.29, 1.82) is 0 Å². The van der Waals surface area contributed by atoms with E-state index in [0.717, 1.165) is 35.7 Å². The maximum absolute atomic E-state index is 13.4. The van der Waals surface area contributed by atoms with Gasteiger partial charge in [0.05, 0.1) is 0 Å². The molecule has 2 nitrogen and oxygen atoms in total. The summed E-state index contributed by atoms with van der Waals surface area (Å²) in [6.07, 6.45) is 4.04. The summed E-state index contributed by atoms with van der Waals surface area (Å²) in [5, 5.41) is 0. The van der Waals surface area contributed by atoms with Crippen LogP contribution < -0.4 is 0 Å². The molecule has 1 aromatic carbocycles. The third-order valence-electron chi connectivity index (χ3n) is 4.25. The van der Waals surface area contributed by atoms with Gasteiger partial charge in [0.1, 0.15) is 5.82 Å². The molecule has 0 bridgehead atoms. The summed E-state index contributed by atoms with van der Waals surface area (Å²) in [5.41, 5.74) is 1.07. The fourth-order valence-electron chi connectivity index (χ4n) is 3.32. The zero-order valence-corrected chi connectivity index (χ0v) is 12.7. The number of hydrogen-bond donors (Lipinski definition) is 0. The Morgan fingerprint density at radius 1 is 1.16 bits per heavy atom. The molecule has 1 aromatic rings. The number of rotatable bonds is 2. The molecule has 2 aliphatic heterocycles. The van der Waals surface area contributed by atoms with Gasteiger partial charge in [-0.2, -0.15) is 0 Å². The molecule has 1 atom stereocenters. The van der Waals surface area contributed by atoms with Crippen LogP contribution in [0.25, 0.3) is 0 Å². The van der Waals surface area contributed by atoms with Crippen molar-refractivity contribution in [3.05, 3.63) is 34.1 Å². The summed E-state index contributed by atoms with van der Waals surface area (Å²) in [5.74, 6) is -0.152. The topological polar surface area (TPSA) is 6.48 Å². The summed E-state index contributed by atoms with van der Waals surface area (Å²) < 4.78 is 14.2. The molecule has 2 aliphatic rings. The molecule has 3 rings (SSSR count). The predicted molar refractivity (Wildman–Crippen MR) is 78.6 cm³/mol. The van der Waals surface area contributed by atoms with Crippen molar-refractivity contribution >= 4 is 15.9 Å². The summed E-state index contributed by atoms with van der Waals surface area (Å²) in [4.78, 5) is 5.09. The zero-order chi connectivity index (χ0) is 13.2. The third-order valence-corrected chi connectivity index (χ3v) is 4.71. The maximum Gasteiger partial charge on any atom is 0.124 e. The number of benzene rings is 1. The first-order valence-corrected chi connectivity index (χ1v) is 7.91. The van der Waals surface area contributed by atoms with Gasteiger partial charge in [-0.15, -0.1) is 0 Å². The van der Waals surface area contributed by atoms with E-state index in [4.69, 9.17) is 0 Å². The largest absolute Gasteiger partial charge is 0.298 e. The number of hydrogen-bond acceptors (Lipinski definition) is 2. The van der Waals surface area contributed by atoms with Crippen molar-refractivity contribution < 1.29 is 4.39 Å². The van der Waals surface area contributed by atoms with Gasteiger partial charge in [-0.25, -0.2) is 4.39 Å². The van der Waals surface area contributed by atoms with Crippen molar-refractivity contribution in [2.45, 2.75) is 31.8 Å². The Bertz CT molecular complexity index is 432. The van der Waals surface area contributed by atoms with E-state index in [-0.39, 0.29) is 5.82 Å². The molecular weight excluding hydrogens is 307 g/mol. The minimum absolute atomic E-state index is 0.152. The van der Waals surface area contributed by atoms with Crippen LogP contribution >= 0.6 is 15.9 Å². The predicted octanol–water partition coefficient (Wildman–Crippen LogP) is 3.26. The first-order valence-electron chi connectivity index (χ1n) is 7.12. The van der Waals surface area contributed by atoms with Gasteiger partial charge in [-0.05, 0) is 43.1 Å². The minimum Gasteiger partial charge on any atom is -0.298 e.